The van der Waals surface area contributed by atoms with Crippen molar-refractivity contribution in [1.29, 1.82) is 0 Å². The molecule has 12 heteroatoms. The molecule has 0 saturated carbocycles. The van der Waals surface area contributed by atoms with Gasteiger partial charge in [-0.2, -0.15) is 17.5 Å². The van der Waals surface area contributed by atoms with Gasteiger partial charge in [-0.15, -0.1) is 0 Å². The molecule has 2 aliphatic rings. The molecule has 0 aliphatic carbocycles. The zero-order valence-corrected chi connectivity index (χ0v) is 22.9. The zero-order valence-electron chi connectivity index (χ0n) is 22.1. The maximum absolute atomic E-state index is 13.7. The first-order chi connectivity index (χ1) is 18.1. The Morgan fingerprint density at radius 3 is 2.54 bits per heavy atom. The molecule has 2 aromatic carbocycles. The Labute approximate surface area is 226 Å². The second-order valence-corrected chi connectivity index (χ2v) is 12.9. The molecule has 2 aliphatic heterocycles. The predicted octanol–water partition coefficient (Wildman–Crippen LogP) is 4.92. The molecule has 4 rings (SSSR count). The number of amides is 1. The van der Waals surface area contributed by atoms with Gasteiger partial charge >= 0.3 is 6.18 Å². The van der Waals surface area contributed by atoms with E-state index in [0.29, 0.717) is 50.3 Å². The molecule has 2 heterocycles. The van der Waals surface area contributed by atoms with Crippen molar-refractivity contribution in [3.8, 4) is 5.75 Å². The topological polar surface area (TPSA) is 87.7 Å². The number of carbonyl (C=O) groups is 1. The van der Waals surface area contributed by atoms with Gasteiger partial charge in [0, 0.05) is 43.1 Å². The standard InChI is InChI=1S/C27H33F4N3O4S/c1-26(2,3)32-16-17-6-8-20-23(10-12-38-24(20)13-17)33-25(35)14-18-5-4-11-34(18)39(36,37)19-7-9-22(28)21(15-19)27(29,30)31/h6-9,13,15,18,23,32H,4-5,10-12,14,16H2,1-3H3,(H,33,35)/t18-,23+/m0/s1. The molecule has 39 heavy (non-hydrogen) atoms. The van der Waals surface area contributed by atoms with Crippen LogP contribution in [0.1, 0.15) is 69.2 Å². The molecule has 1 amide bonds. The molecule has 7 nitrogen and oxygen atoms in total. The summed E-state index contributed by atoms with van der Waals surface area (Å²) in [6, 6.07) is 6.41. The highest BCUT2D eigenvalue weighted by molar-refractivity contribution is 7.89. The van der Waals surface area contributed by atoms with Gasteiger partial charge in [0.25, 0.3) is 0 Å². The van der Waals surface area contributed by atoms with Gasteiger partial charge < -0.3 is 15.4 Å². The fraction of sp³-hybridized carbons (Fsp3) is 0.519. The van der Waals surface area contributed by atoms with Gasteiger partial charge in [-0.1, -0.05) is 12.1 Å². The summed E-state index contributed by atoms with van der Waals surface area (Å²) in [7, 11) is -4.37. The average Bonchev–Trinajstić information content (AvgIpc) is 3.30. The van der Waals surface area contributed by atoms with Crippen LogP contribution >= 0.6 is 0 Å². The molecule has 2 N–H and O–H groups in total. The number of carbonyl (C=O) groups excluding carboxylic acids is 1. The highest BCUT2D eigenvalue weighted by Gasteiger charge is 2.40. The van der Waals surface area contributed by atoms with E-state index >= 15 is 0 Å². The van der Waals surface area contributed by atoms with E-state index in [1.54, 1.807) is 0 Å². The molecule has 0 unspecified atom stereocenters. The molecule has 0 spiro atoms. The van der Waals surface area contributed by atoms with Gasteiger partial charge in [0.1, 0.15) is 11.6 Å². The predicted molar refractivity (Wildman–Crippen MR) is 137 cm³/mol. The lowest BCUT2D eigenvalue weighted by atomic mass is 9.98. The van der Waals surface area contributed by atoms with E-state index in [1.165, 1.54) is 0 Å². The first-order valence-corrected chi connectivity index (χ1v) is 14.3. The van der Waals surface area contributed by atoms with Crippen LogP contribution < -0.4 is 15.4 Å². The third kappa shape index (κ3) is 6.90. The summed E-state index contributed by atoms with van der Waals surface area (Å²) >= 11 is 0. The lowest BCUT2D eigenvalue weighted by molar-refractivity contribution is -0.140. The number of sulfonamides is 1. The number of hydrogen-bond acceptors (Lipinski definition) is 5. The maximum Gasteiger partial charge on any atom is 0.419 e. The average molecular weight is 572 g/mol. The van der Waals surface area contributed by atoms with E-state index in [9.17, 15) is 30.8 Å². The van der Waals surface area contributed by atoms with Gasteiger partial charge in [-0.3, -0.25) is 4.79 Å². The number of alkyl halides is 3. The minimum Gasteiger partial charge on any atom is -0.493 e. The summed E-state index contributed by atoms with van der Waals surface area (Å²) in [5.74, 6) is -1.23. The van der Waals surface area contributed by atoms with Crippen LogP contribution in [0.4, 0.5) is 17.6 Å². The van der Waals surface area contributed by atoms with Crippen molar-refractivity contribution in [3.05, 3.63) is 58.9 Å². The number of ether oxygens (including phenoxy) is 1. The number of nitrogens with one attached hydrogen (secondary N) is 2. The first kappa shape index (κ1) is 29.3. The number of fused-ring (bicyclic) bond motifs is 1. The van der Waals surface area contributed by atoms with Gasteiger partial charge in [0.15, 0.2) is 0 Å². The fourth-order valence-corrected chi connectivity index (χ4v) is 6.59. The molecule has 1 saturated heterocycles. The Balaban J connectivity index is 1.45. The van der Waals surface area contributed by atoms with E-state index in [4.69, 9.17) is 4.74 Å². The largest absolute Gasteiger partial charge is 0.493 e. The van der Waals surface area contributed by atoms with Crippen LogP contribution in [0, 0.1) is 5.82 Å². The van der Waals surface area contributed by atoms with E-state index in [2.05, 4.69) is 31.4 Å². The summed E-state index contributed by atoms with van der Waals surface area (Å²) in [5, 5.41) is 6.39. The minimum absolute atomic E-state index is 0.0494. The summed E-state index contributed by atoms with van der Waals surface area (Å²) in [4.78, 5) is 12.4. The number of nitrogens with zero attached hydrogens (tertiary/aromatic N) is 1. The lowest BCUT2D eigenvalue weighted by Crippen LogP contribution is -2.40. The minimum atomic E-state index is -5.04. The van der Waals surface area contributed by atoms with Crippen LogP contribution in [0.25, 0.3) is 0 Å². The molecule has 2 aromatic rings. The van der Waals surface area contributed by atoms with Gasteiger partial charge in [-0.05, 0) is 63.4 Å². The second kappa shape index (κ2) is 11.1. The number of rotatable bonds is 7. The van der Waals surface area contributed by atoms with Crippen LogP contribution in [-0.4, -0.2) is 43.4 Å². The van der Waals surface area contributed by atoms with Gasteiger partial charge in [0.05, 0.1) is 23.1 Å². The number of benzene rings is 2. The fourth-order valence-electron chi connectivity index (χ4n) is 4.88. The quantitative estimate of drug-likeness (QED) is 0.461. The van der Waals surface area contributed by atoms with Crippen molar-refractivity contribution in [1.82, 2.24) is 14.9 Å². The van der Waals surface area contributed by atoms with Crippen LogP contribution in [-0.2, 0) is 27.5 Å². The van der Waals surface area contributed by atoms with Crippen molar-refractivity contribution in [2.24, 2.45) is 0 Å². The highest BCUT2D eigenvalue weighted by atomic mass is 32.2. The Bertz CT molecular complexity index is 1330. The van der Waals surface area contributed by atoms with Crippen LogP contribution in [0.2, 0.25) is 0 Å². The highest BCUT2D eigenvalue weighted by Crippen LogP contribution is 2.36. The Hall–Kier alpha value is -2.70. The van der Waals surface area contributed by atoms with Crippen LogP contribution in [0.15, 0.2) is 41.3 Å². The van der Waals surface area contributed by atoms with Crippen molar-refractivity contribution >= 4 is 15.9 Å². The van der Waals surface area contributed by atoms with Gasteiger partial charge in [-0.25, -0.2) is 12.8 Å². The van der Waals surface area contributed by atoms with E-state index in [-0.39, 0.29) is 30.5 Å². The molecule has 1 fully saturated rings. The zero-order chi connectivity index (χ0) is 28.6. The van der Waals surface area contributed by atoms with E-state index in [0.717, 1.165) is 21.5 Å². The Morgan fingerprint density at radius 1 is 1.10 bits per heavy atom. The molecule has 0 bridgehead atoms. The molecule has 0 radical (unpaired) electrons. The van der Waals surface area contributed by atoms with Crippen molar-refractivity contribution in [3.63, 3.8) is 0 Å². The number of hydrogen-bond donors (Lipinski definition) is 2. The summed E-state index contributed by atoms with van der Waals surface area (Å²) < 4.78 is 86.5. The summed E-state index contributed by atoms with van der Waals surface area (Å²) in [6.07, 6.45) is -3.80. The van der Waals surface area contributed by atoms with Gasteiger partial charge in [0.2, 0.25) is 15.9 Å². The molecule has 214 valence electrons. The Morgan fingerprint density at radius 2 is 1.85 bits per heavy atom. The molecular weight excluding hydrogens is 538 g/mol. The Kier molecular flexibility index (Phi) is 8.30. The van der Waals surface area contributed by atoms with E-state index < -0.39 is 38.5 Å². The molecule has 2 atom stereocenters. The maximum atomic E-state index is 13.7. The van der Waals surface area contributed by atoms with Crippen molar-refractivity contribution in [2.45, 2.75) is 81.7 Å². The van der Waals surface area contributed by atoms with E-state index in [1.807, 2.05) is 18.2 Å². The van der Waals surface area contributed by atoms with Crippen LogP contribution in [0.5, 0.6) is 5.75 Å². The number of halogens is 4. The van der Waals surface area contributed by atoms with Crippen molar-refractivity contribution in [2.75, 3.05) is 13.2 Å². The third-order valence-corrected chi connectivity index (χ3v) is 8.82. The smallest absolute Gasteiger partial charge is 0.419 e. The SMILES string of the molecule is CC(C)(C)NCc1ccc2c(c1)OCC[C@H]2NC(=O)C[C@@H]1CCCN1S(=O)(=O)c1ccc(F)c(C(F)(F)F)c1. The normalized spacial score (nSPS) is 20.4. The summed E-state index contributed by atoms with van der Waals surface area (Å²) in [5.41, 5.74) is 0.173. The molecular formula is C27H33F4N3O4S. The van der Waals surface area contributed by atoms with Crippen molar-refractivity contribution < 1.29 is 35.5 Å². The van der Waals surface area contributed by atoms with Crippen LogP contribution in [0.3, 0.4) is 0 Å². The lowest BCUT2D eigenvalue weighted by Gasteiger charge is -2.29. The third-order valence-electron chi connectivity index (χ3n) is 6.87. The summed E-state index contributed by atoms with van der Waals surface area (Å²) in [6.45, 7) is 7.34. The second-order valence-electron chi connectivity index (χ2n) is 11.0. The monoisotopic (exact) mass is 571 g/mol. The molecule has 0 aromatic heterocycles. The first-order valence-electron chi connectivity index (χ1n) is 12.8.